The maximum Gasteiger partial charge on any atom is 0.321 e. The van der Waals surface area contributed by atoms with Gasteiger partial charge in [0.1, 0.15) is 17.1 Å². The Morgan fingerprint density at radius 3 is 2.72 bits per heavy atom. The van der Waals surface area contributed by atoms with Crippen molar-refractivity contribution in [3.8, 4) is 0 Å². The Morgan fingerprint density at radius 1 is 1.28 bits per heavy atom. The molecule has 170 valence electrons. The summed E-state index contributed by atoms with van der Waals surface area (Å²) in [6.07, 6.45) is -2.75. The van der Waals surface area contributed by atoms with Gasteiger partial charge >= 0.3 is 6.03 Å². The molecule has 0 atom stereocenters. The Bertz CT molecular complexity index is 1080. The van der Waals surface area contributed by atoms with Crippen LogP contribution in [0.4, 0.5) is 23.1 Å². The number of urea groups is 1. The van der Waals surface area contributed by atoms with E-state index < -0.39 is 30.7 Å². The highest BCUT2D eigenvalue weighted by molar-refractivity contribution is 7.13. The number of amides is 3. The molecule has 0 radical (unpaired) electrons. The van der Waals surface area contributed by atoms with Crippen molar-refractivity contribution in [1.82, 2.24) is 20.4 Å². The zero-order chi connectivity index (χ0) is 23.3. The minimum Gasteiger partial charge on any atom is -0.361 e. The fraction of sp³-hybridized carbons (Fsp3) is 0.300. The molecule has 0 unspecified atom stereocenters. The van der Waals surface area contributed by atoms with Crippen LogP contribution in [0.25, 0.3) is 0 Å². The molecule has 3 amide bonds. The topological polar surface area (TPSA) is 100 Å². The van der Waals surface area contributed by atoms with E-state index in [1.54, 1.807) is 18.4 Å². The number of hydrogen-bond donors (Lipinski definition) is 2. The third-order valence-corrected chi connectivity index (χ3v) is 5.17. The van der Waals surface area contributed by atoms with E-state index in [2.05, 4.69) is 20.8 Å². The molecule has 3 aromatic rings. The van der Waals surface area contributed by atoms with E-state index >= 15 is 0 Å². The second kappa shape index (κ2) is 10.3. The van der Waals surface area contributed by atoms with Crippen LogP contribution in [0.3, 0.4) is 0 Å². The average molecular weight is 467 g/mol. The van der Waals surface area contributed by atoms with Gasteiger partial charge in [-0.25, -0.2) is 22.9 Å². The minimum atomic E-state index is -2.75. The lowest BCUT2D eigenvalue weighted by molar-refractivity contribution is 0.0530. The number of carbonyl (C=O) groups is 2. The number of rotatable bonds is 8. The van der Waals surface area contributed by atoms with E-state index in [-0.39, 0.29) is 29.5 Å². The molecular weight excluding hydrogens is 447 g/mol. The highest BCUT2D eigenvalue weighted by atomic mass is 32.1. The summed E-state index contributed by atoms with van der Waals surface area (Å²) in [4.78, 5) is 30.0. The van der Waals surface area contributed by atoms with Gasteiger partial charge in [0.2, 0.25) is 0 Å². The summed E-state index contributed by atoms with van der Waals surface area (Å²) < 4.78 is 44.3. The highest BCUT2D eigenvalue weighted by Crippen LogP contribution is 2.21. The Balaban J connectivity index is 1.62. The van der Waals surface area contributed by atoms with Crippen LogP contribution in [0.2, 0.25) is 0 Å². The number of carbonyl (C=O) groups excluding carboxylic acids is 2. The van der Waals surface area contributed by atoms with Crippen molar-refractivity contribution in [3.63, 3.8) is 0 Å². The van der Waals surface area contributed by atoms with E-state index in [1.165, 1.54) is 25.1 Å². The smallest absolute Gasteiger partial charge is 0.321 e. The molecule has 12 heteroatoms. The number of alkyl halides is 2. The third-order valence-electron chi connectivity index (χ3n) is 4.36. The number of anilines is 1. The first-order chi connectivity index (χ1) is 15.2. The number of aromatic nitrogens is 2. The van der Waals surface area contributed by atoms with Crippen molar-refractivity contribution >= 4 is 28.4 Å². The van der Waals surface area contributed by atoms with E-state index in [0.717, 1.165) is 16.2 Å². The predicted molar refractivity (Wildman–Crippen MR) is 111 cm³/mol. The van der Waals surface area contributed by atoms with Gasteiger partial charge in [-0.2, -0.15) is 0 Å². The van der Waals surface area contributed by atoms with E-state index in [4.69, 9.17) is 4.52 Å². The van der Waals surface area contributed by atoms with E-state index in [0.29, 0.717) is 17.0 Å². The van der Waals surface area contributed by atoms with Gasteiger partial charge in [-0.05, 0) is 31.5 Å². The molecule has 0 aliphatic carbocycles. The van der Waals surface area contributed by atoms with Crippen molar-refractivity contribution < 1.29 is 27.3 Å². The summed E-state index contributed by atoms with van der Waals surface area (Å²) in [5, 5.41) is 10.6. The van der Waals surface area contributed by atoms with Gasteiger partial charge in [-0.1, -0.05) is 17.3 Å². The van der Waals surface area contributed by atoms with Gasteiger partial charge < -0.3 is 14.7 Å². The first-order valence-corrected chi connectivity index (χ1v) is 10.3. The number of benzene rings is 1. The molecule has 0 spiro atoms. The summed E-state index contributed by atoms with van der Waals surface area (Å²) in [5.41, 5.74) is 1.36. The van der Waals surface area contributed by atoms with E-state index in [1.807, 2.05) is 0 Å². The lowest BCUT2D eigenvalue weighted by Gasteiger charge is -2.21. The van der Waals surface area contributed by atoms with Crippen LogP contribution in [0, 0.1) is 19.7 Å². The first-order valence-electron chi connectivity index (χ1n) is 9.47. The molecule has 0 bridgehead atoms. The van der Waals surface area contributed by atoms with Crippen LogP contribution in [0.5, 0.6) is 0 Å². The zero-order valence-electron chi connectivity index (χ0n) is 17.2. The molecule has 8 nitrogen and oxygen atoms in total. The maximum absolute atomic E-state index is 13.2. The standard InChI is InChI=1S/C20H20F3N5O3S/c1-11-17(12(2)31-27-11)18(29)28(9-16(22)23)8-15-10-32-20(25-15)26-19(30)24-7-13-4-3-5-14(21)6-13/h3-6,10,16H,7-9H2,1-2H3,(H2,24,25,26,30). The SMILES string of the molecule is Cc1noc(C)c1C(=O)N(Cc1csc(NC(=O)NCc2cccc(F)c2)n1)CC(F)F. The second-order valence-electron chi connectivity index (χ2n) is 6.86. The number of nitrogens with one attached hydrogen (secondary N) is 2. The van der Waals surface area contributed by atoms with Gasteiger partial charge in [-0.3, -0.25) is 10.1 Å². The number of hydrogen-bond acceptors (Lipinski definition) is 6. The quantitative estimate of drug-likeness (QED) is 0.519. The molecule has 0 aliphatic heterocycles. The van der Waals surface area contributed by atoms with Crippen LogP contribution in [0.15, 0.2) is 34.2 Å². The largest absolute Gasteiger partial charge is 0.361 e. The van der Waals surface area contributed by atoms with Crippen LogP contribution in [-0.2, 0) is 13.1 Å². The number of halogens is 3. The van der Waals surface area contributed by atoms with Crippen molar-refractivity contribution in [2.24, 2.45) is 0 Å². The summed E-state index contributed by atoms with van der Waals surface area (Å²) in [6, 6.07) is 5.24. The third kappa shape index (κ3) is 6.06. The molecule has 3 rings (SSSR count). The number of nitrogens with zero attached hydrogens (tertiary/aromatic N) is 3. The zero-order valence-corrected chi connectivity index (χ0v) is 18.0. The minimum absolute atomic E-state index is 0.107. The van der Waals surface area contributed by atoms with Crippen molar-refractivity contribution in [1.29, 1.82) is 0 Å². The van der Waals surface area contributed by atoms with Crippen molar-refractivity contribution in [2.75, 3.05) is 11.9 Å². The maximum atomic E-state index is 13.2. The molecular formula is C20H20F3N5O3S. The first kappa shape index (κ1) is 23.3. The molecule has 1 aromatic carbocycles. The van der Waals surface area contributed by atoms with Crippen LogP contribution in [0.1, 0.15) is 33.1 Å². The Morgan fingerprint density at radius 2 is 2.06 bits per heavy atom. The van der Waals surface area contributed by atoms with Crippen LogP contribution in [-0.4, -0.2) is 39.9 Å². The van der Waals surface area contributed by atoms with Crippen molar-refractivity contribution in [2.45, 2.75) is 33.4 Å². The predicted octanol–water partition coefficient (Wildman–Crippen LogP) is 4.12. The van der Waals surface area contributed by atoms with Gasteiger partial charge in [0.05, 0.1) is 24.5 Å². The lowest BCUT2D eigenvalue weighted by Crippen LogP contribution is -2.35. The molecule has 2 heterocycles. The molecule has 32 heavy (non-hydrogen) atoms. The highest BCUT2D eigenvalue weighted by Gasteiger charge is 2.26. The van der Waals surface area contributed by atoms with Gasteiger partial charge in [-0.15, -0.1) is 11.3 Å². The molecule has 2 N–H and O–H groups in total. The fourth-order valence-corrected chi connectivity index (χ4v) is 3.63. The molecule has 0 fully saturated rings. The van der Waals surface area contributed by atoms with Gasteiger partial charge in [0, 0.05) is 11.9 Å². The van der Waals surface area contributed by atoms with E-state index in [9.17, 15) is 22.8 Å². The summed E-state index contributed by atoms with van der Waals surface area (Å²) in [5.74, 6) is -0.812. The summed E-state index contributed by atoms with van der Waals surface area (Å²) >= 11 is 1.08. The van der Waals surface area contributed by atoms with Crippen LogP contribution >= 0.6 is 11.3 Å². The molecule has 0 saturated heterocycles. The monoisotopic (exact) mass is 467 g/mol. The summed E-state index contributed by atoms with van der Waals surface area (Å²) in [7, 11) is 0. The van der Waals surface area contributed by atoms with Crippen LogP contribution < -0.4 is 10.6 Å². The lowest BCUT2D eigenvalue weighted by atomic mass is 10.1. The van der Waals surface area contributed by atoms with Crippen molar-refractivity contribution in [3.05, 3.63) is 63.7 Å². The Kier molecular flexibility index (Phi) is 7.46. The Labute approximate surface area is 185 Å². The van der Waals surface area contributed by atoms with Gasteiger partial charge in [0.25, 0.3) is 12.3 Å². The number of aryl methyl sites for hydroxylation is 2. The summed E-state index contributed by atoms with van der Waals surface area (Å²) in [6.45, 7) is 2.21. The van der Waals surface area contributed by atoms with Gasteiger partial charge in [0.15, 0.2) is 5.13 Å². The Hall–Kier alpha value is -3.41. The molecule has 2 aromatic heterocycles. The molecule has 0 aliphatic rings. The number of thiazole rings is 1. The second-order valence-corrected chi connectivity index (χ2v) is 7.72. The fourth-order valence-electron chi connectivity index (χ4n) is 2.94. The normalized spacial score (nSPS) is 10.9. The average Bonchev–Trinajstić information content (AvgIpc) is 3.30. The molecule has 0 saturated carbocycles.